The molecule has 1 rings (SSSR count). The van der Waals surface area contributed by atoms with Crippen molar-refractivity contribution >= 4 is 11.9 Å². The maximum atomic E-state index is 10.6. The van der Waals surface area contributed by atoms with E-state index in [1.807, 2.05) is 0 Å². The van der Waals surface area contributed by atoms with Crippen molar-refractivity contribution in [1.29, 1.82) is 0 Å². The molecule has 0 saturated heterocycles. The van der Waals surface area contributed by atoms with Gasteiger partial charge in [-0.3, -0.25) is 4.79 Å². The second-order valence-electron chi connectivity index (χ2n) is 3.77. The molecular formula is C10H15N3O5. The van der Waals surface area contributed by atoms with E-state index in [0.29, 0.717) is 12.8 Å². The first-order valence-electron chi connectivity index (χ1n) is 5.47. The Bertz CT molecular complexity index is 417. The summed E-state index contributed by atoms with van der Waals surface area (Å²) in [6, 6.07) is 0. The number of hydrogen-bond acceptors (Lipinski definition) is 6. The van der Waals surface area contributed by atoms with E-state index in [-0.39, 0.29) is 25.1 Å². The Balaban J connectivity index is 2.35. The van der Waals surface area contributed by atoms with E-state index in [1.165, 1.54) is 23.9 Å². The van der Waals surface area contributed by atoms with Crippen molar-refractivity contribution in [2.45, 2.75) is 32.4 Å². The zero-order valence-corrected chi connectivity index (χ0v) is 9.98. The van der Waals surface area contributed by atoms with Gasteiger partial charge in [0.15, 0.2) is 0 Å². The molecule has 100 valence electrons. The van der Waals surface area contributed by atoms with Gasteiger partial charge in [-0.05, 0) is 17.8 Å². The zero-order valence-electron chi connectivity index (χ0n) is 9.98. The summed E-state index contributed by atoms with van der Waals surface area (Å²) in [5.74, 6) is -0.663. The summed E-state index contributed by atoms with van der Waals surface area (Å²) in [6.45, 7) is 1.64. The summed E-state index contributed by atoms with van der Waals surface area (Å²) < 4.78 is 5.99. The fourth-order valence-electron chi connectivity index (χ4n) is 1.47. The number of hydrogen-bond donors (Lipinski definition) is 1. The molecule has 0 bridgehead atoms. The molecule has 18 heavy (non-hydrogen) atoms. The van der Waals surface area contributed by atoms with E-state index >= 15 is 0 Å². The first kappa shape index (κ1) is 14.1. The topological polar surface area (TPSA) is 107 Å². The number of carbonyl (C=O) groups is 1. The summed E-state index contributed by atoms with van der Waals surface area (Å²) in [7, 11) is 0. The average Bonchev–Trinajstić information content (AvgIpc) is 2.72. The first-order chi connectivity index (χ1) is 8.50. The molecule has 1 atom stereocenters. The van der Waals surface area contributed by atoms with Gasteiger partial charge in [0, 0.05) is 6.92 Å². The summed E-state index contributed by atoms with van der Waals surface area (Å²) in [6.07, 6.45) is 2.90. The lowest BCUT2D eigenvalue weighted by Gasteiger charge is -2.09. The normalized spacial score (nSPS) is 12.1. The van der Waals surface area contributed by atoms with Gasteiger partial charge in [-0.1, -0.05) is 4.98 Å². The zero-order chi connectivity index (χ0) is 13.5. The molecule has 1 aromatic heterocycles. The molecule has 0 radical (unpaired) electrons. The van der Waals surface area contributed by atoms with Crippen LogP contribution in [-0.4, -0.2) is 38.3 Å². The molecule has 0 aromatic carbocycles. The smallest absolute Gasteiger partial charge is 0.434 e. The van der Waals surface area contributed by atoms with Crippen LogP contribution in [0.15, 0.2) is 12.4 Å². The molecule has 0 aliphatic rings. The number of aliphatic hydroxyl groups is 1. The molecule has 0 spiro atoms. The highest BCUT2D eigenvalue weighted by Gasteiger charge is 2.17. The van der Waals surface area contributed by atoms with E-state index < -0.39 is 11.0 Å². The molecular weight excluding hydrogens is 242 g/mol. The highest BCUT2D eigenvalue weighted by atomic mass is 16.6. The van der Waals surface area contributed by atoms with Gasteiger partial charge in [0.05, 0.1) is 19.3 Å². The number of ether oxygens (including phenoxy) is 1. The van der Waals surface area contributed by atoms with Crippen LogP contribution in [0.3, 0.4) is 0 Å². The lowest BCUT2D eigenvalue weighted by Crippen LogP contribution is -2.17. The third kappa shape index (κ3) is 4.50. The molecule has 0 saturated carbocycles. The van der Waals surface area contributed by atoms with Gasteiger partial charge in [0.25, 0.3) is 0 Å². The van der Waals surface area contributed by atoms with Gasteiger partial charge in [-0.15, -0.1) is 0 Å². The van der Waals surface area contributed by atoms with E-state index in [9.17, 15) is 20.0 Å². The molecule has 0 amide bonds. The van der Waals surface area contributed by atoms with Crippen LogP contribution in [0.2, 0.25) is 0 Å². The van der Waals surface area contributed by atoms with Gasteiger partial charge >= 0.3 is 11.9 Å². The van der Waals surface area contributed by atoms with E-state index in [1.54, 1.807) is 0 Å². The maximum Gasteiger partial charge on any atom is 0.434 e. The highest BCUT2D eigenvalue weighted by Crippen LogP contribution is 2.10. The molecule has 8 heteroatoms. The van der Waals surface area contributed by atoms with E-state index in [0.717, 1.165) is 0 Å². The van der Waals surface area contributed by atoms with E-state index in [4.69, 9.17) is 4.74 Å². The molecule has 0 aliphatic heterocycles. The predicted molar refractivity (Wildman–Crippen MR) is 60.8 cm³/mol. The van der Waals surface area contributed by atoms with Crippen LogP contribution in [0.1, 0.15) is 19.8 Å². The Morgan fingerprint density at radius 1 is 1.72 bits per heavy atom. The van der Waals surface area contributed by atoms with Crippen LogP contribution in [0.4, 0.5) is 5.95 Å². The number of nitrogens with zero attached hydrogens (tertiary/aromatic N) is 3. The highest BCUT2D eigenvalue weighted by molar-refractivity contribution is 5.65. The molecule has 0 aliphatic carbocycles. The van der Waals surface area contributed by atoms with Crippen LogP contribution < -0.4 is 0 Å². The molecule has 1 N–H and O–H groups in total. The van der Waals surface area contributed by atoms with Crippen molar-refractivity contribution in [2.75, 3.05) is 6.61 Å². The minimum Gasteiger partial charge on any atom is -0.466 e. The SMILES string of the molecule is CC(=O)OCCCC(O)Cn1ccnc1[N+](=O)[O-]. The van der Waals surface area contributed by atoms with Gasteiger partial charge in [0.1, 0.15) is 12.4 Å². The Labute approximate surface area is 103 Å². The number of aromatic nitrogens is 2. The van der Waals surface area contributed by atoms with Gasteiger partial charge in [0.2, 0.25) is 0 Å². The van der Waals surface area contributed by atoms with Gasteiger partial charge in [-0.25, -0.2) is 4.57 Å². The number of nitro groups is 1. The van der Waals surface area contributed by atoms with E-state index in [2.05, 4.69) is 4.98 Å². The molecule has 8 nitrogen and oxygen atoms in total. The summed E-state index contributed by atoms with van der Waals surface area (Å²) in [4.78, 5) is 24.0. The van der Waals surface area contributed by atoms with Crippen molar-refractivity contribution in [1.82, 2.24) is 9.55 Å². The quantitative estimate of drug-likeness (QED) is 0.330. The first-order valence-corrected chi connectivity index (χ1v) is 5.47. The summed E-state index contributed by atoms with van der Waals surface area (Å²) >= 11 is 0. The summed E-state index contributed by atoms with van der Waals surface area (Å²) in [5, 5.41) is 20.3. The second kappa shape index (κ2) is 6.70. The average molecular weight is 257 g/mol. The minimum atomic E-state index is -0.742. The van der Waals surface area contributed by atoms with Crippen molar-refractivity contribution in [2.24, 2.45) is 0 Å². The number of imidazole rings is 1. The maximum absolute atomic E-state index is 10.6. The minimum absolute atomic E-state index is 0.0936. The molecule has 1 heterocycles. The van der Waals surface area contributed by atoms with Crippen molar-refractivity contribution < 1.29 is 19.6 Å². The largest absolute Gasteiger partial charge is 0.466 e. The Hall–Kier alpha value is -1.96. The van der Waals surface area contributed by atoms with Crippen LogP contribution in [0.25, 0.3) is 0 Å². The second-order valence-corrected chi connectivity index (χ2v) is 3.77. The van der Waals surface area contributed by atoms with Crippen molar-refractivity contribution in [3.63, 3.8) is 0 Å². The Morgan fingerprint density at radius 3 is 3.06 bits per heavy atom. The Kier molecular flexibility index (Phi) is 5.25. The predicted octanol–water partition coefficient (Wildman–Crippen LogP) is 0.496. The van der Waals surface area contributed by atoms with Crippen LogP contribution >= 0.6 is 0 Å². The third-order valence-electron chi connectivity index (χ3n) is 2.25. The lowest BCUT2D eigenvalue weighted by atomic mass is 10.2. The van der Waals surface area contributed by atoms with Crippen LogP contribution in [0, 0.1) is 10.1 Å². The monoisotopic (exact) mass is 257 g/mol. The standard InChI is InChI=1S/C10H15N3O5/c1-8(14)18-6-2-3-9(15)7-12-5-4-11-10(12)13(16)17/h4-5,9,15H,2-3,6-7H2,1H3. The van der Waals surface area contributed by atoms with Crippen molar-refractivity contribution in [3.8, 4) is 0 Å². The molecule has 1 unspecified atom stereocenters. The lowest BCUT2D eigenvalue weighted by molar-refractivity contribution is -0.397. The fraction of sp³-hybridized carbons (Fsp3) is 0.600. The van der Waals surface area contributed by atoms with Crippen molar-refractivity contribution in [3.05, 3.63) is 22.5 Å². The number of rotatable bonds is 7. The Morgan fingerprint density at radius 2 is 2.44 bits per heavy atom. The molecule has 1 aromatic rings. The fourth-order valence-corrected chi connectivity index (χ4v) is 1.47. The summed E-state index contributed by atoms with van der Waals surface area (Å²) in [5.41, 5.74) is 0. The van der Waals surface area contributed by atoms with Gasteiger partial charge < -0.3 is 20.0 Å². The van der Waals surface area contributed by atoms with Crippen LogP contribution in [-0.2, 0) is 16.1 Å². The number of esters is 1. The number of aliphatic hydroxyl groups excluding tert-OH is 1. The third-order valence-corrected chi connectivity index (χ3v) is 2.25. The number of carbonyl (C=O) groups excluding carboxylic acids is 1. The molecule has 0 fully saturated rings. The van der Waals surface area contributed by atoms with Crippen LogP contribution in [0.5, 0.6) is 0 Å². The van der Waals surface area contributed by atoms with Gasteiger partial charge in [-0.2, -0.15) is 0 Å².